The van der Waals surface area contributed by atoms with Gasteiger partial charge in [-0.1, -0.05) is 41.6 Å². The largest absolute Gasteiger partial charge is 0.457 e. The first-order chi connectivity index (χ1) is 13.7. The van der Waals surface area contributed by atoms with Crippen LogP contribution in [0.15, 0.2) is 77.3 Å². The molecule has 0 saturated carbocycles. The van der Waals surface area contributed by atoms with Crippen molar-refractivity contribution < 1.29 is 14.4 Å². The molecular formula is C24H21NO3. The number of benzene rings is 3. The fraction of sp³-hybridized carbons (Fsp3) is 0.125. The molecule has 28 heavy (non-hydrogen) atoms. The normalized spacial score (nSPS) is 10.8. The Balaban J connectivity index is 1.68. The minimum absolute atomic E-state index is 0.149. The molecule has 140 valence electrons. The van der Waals surface area contributed by atoms with Gasteiger partial charge in [-0.25, -0.2) is 0 Å². The maximum absolute atomic E-state index is 10.0. The third-order valence-corrected chi connectivity index (χ3v) is 4.76. The molecule has 0 unspecified atom stereocenters. The van der Waals surface area contributed by atoms with E-state index in [-0.39, 0.29) is 6.61 Å². The fourth-order valence-electron chi connectivity index (χ4n) is 3.36. The van der Waals surface area contributed by atoms with E-state index < -0.39 is 0 Å². The van der Waals surface area contributed by atoms with Crippen LogP contribution < -0.4 is 4.74 Å². The van der Waals surface area contributed by atoms with E-state index in [0.29, 0.717) is 17.0 Å². The van der Waals surface area contributed by atoms with E-state index in [1.54, 1.807) is 0 Å². The first kappa shape index (κ1) is 18.0. The van der Waals surface area contributed by atoms with Gasteiger partial charge in [0.15, 0.2) is 5.76 Å². The Labute approximate surface area is 164 Å². The zero-order chi connectivity index (χ0) is 19.5. The molecule has 4 heteroatoms. The number of rotatable bonds is 5. The molecule has 0 spiro atoms. The highest BCUT2D eigenvalue weighted by molar-refractivity contribution is 5.76. The molecular weight excluding hydrogens is 350 g/mol. The molecule has 4 nitrogen and oxygen atoms in total. The van der Waals surface area contributed by atoms with Gasteiger partial charge in [0.25, 0.3) is 0 Å². The molecule has 4 rings (SSSR count). The van der Waals surface area contributed by atoms with E-state index in [2.05, 4.69) is 5.16 Å². The average Bonchev–Trinajstić information content (AvgIpc) is 3.13. The van der Waals surface area contributed by atoms with Crippen molar-refractivity contribution in [1.82, 2.24) is 5.16 Å². The van der Waals surface area contributed by atoms with Crippen LogP contribution >= 0.6 is 0 Å². The Bertz CT molecular complexity index is 1060. The Kier molecular flexibility index (Phi) is 4.96. The lowest BCUT2D eigenvalue weighted by molar-refractivity contribution is 0.281. The molecule has 0 atom stereocenters. The SMILES string of the molecule is Cc1cccc(C)c1-c1onc(-c2ccc(Oc3ccccc3)cc2)c1CO. The van der Waals surface area contributed by atoms with Crippen LogP contribution in [-0.4, -0.2) is 10.3 Å². The van der Waals surface area contributed by atoms with Gasteiger partial charge in [-0.3, -0.25) is 0 Å². The summed E-state index contributed by atoms with van der Waals surface area (Å²) in [5, 5.41) is 14.3. The maximum Gasteiger partial charge on any atom is 0.173 e. The van der Waals surface area contributed by atoms with Crippen molar-refractivity contribution in [2.75, 3.05) is 0 Å². The number of hydrogen-bond donors (Lipinski definition) is 1. The molecule has 1 N–H and O–H groups in total. The van der Waals surface area contributed by atoms with Gasteiger partial charge in [0.1, 0.15) is 17.2 Å². The van der Waals surface area contributed by atoms with Crippen LogP contribution in [-0.2, 0) is 6.61 Å². The number of aliphatic hydroxyl groups excluding tert-OH is 1. The number of aryl methyl sites for hydroxylation is 2. The second-order valence-corrected chi connectivity index (χ2v) is 6.70. The summed E-state index contributed by atoms with van der Waals surface area (Å²) in [5.41, 5.74) is 5.36. The smallest absolute Gasteiger partial charge is 0.173 e. The molecule has 0 saturated heterocycles. The van der Waals surface area contributed by atoms with Crippen molar-refractivity contribution >= 4 is 0 Å². The quantitative estimate of drug-likeness (QED) is 0.474. The third kappa shape index (κ3) is 3.42. The lowest BCUT2D eigenvalue weighted by Crippen LogP contribution is -1.93. The average molecular weight is 371 g/mol. The van der Waals surface area contributed by atoms with E-state index in [0.717, 1.165) is 33.8 Å². The Morgan fingerprint density at radius 1 is 0.821 bits per heavy atom. The van der Waals surface area contributed by atoms with Gasteiger partial charge < -0.3 is 14.4 Å². The molecule has 3 aromatic carbocycles. The summed E-state index contributed by atoms with van der Waals surface area (Å²) in [6.07, 6.45) is 0. The van der Waals surface area contributed by atoms with E-state index in [1.165, 1.54) is 0 Å². The second kappa shape index (κ2) is 7.71. The van der Waals surface area contributed by atoms with Gasteiger partial charge in [-0.05, 0) is 61.4 Å². The lowest BCUT2D eigenvalue weighted by Gasteiger charge is -2.08. The molecule has 1 heterocycles. The molecule has 0 aliphatic carbocycles. The zero-order valence-corrected chi connectivity index (χ0v) is 15.8. The van der Waals surface area contributed by atoms with Crippen LogP contribution in [0.25, 0.3) is 22.6 Å². The number of aliphatic hydroxyl groups is 1. The minimum Gasteiger partial charge on any atom is -0.457 e. The molecule has 0 aliphatic heterocycles. The summed E-state index contributed by atoms with van der Waals surface area (Å²) >= 11 is 0. The van der Waals surface area contributed by atoms with Gasteiger partial charge in [-0.2, -0.15) is 0 Å². The predicted molar refractivity (Wildman–Crippen MR) is 109 cm³/mol. The van der Waals surface area contributed by atoms with Crippen LogP contribution in [0, 0.1) is 13.8 Å². The highest BCUT2D eigenvalue weighted by Gasteiger charge is 2.21. The minimum atomic E-state index is -0.149. The third-order valence-electron chi connectivity index (χ3n) is 4.76. The number of hydrogen-bond acceptors (Lipinski definition) is 4. The highest BCUT2D eigenvalue weighted by Crippen LogP contribution is 2.36. The van der Waals surface area contributed by atoms with E-state index in [1.807, 2.05) is 86.6 Å². The van der Waals surface area contributed by atoms with Crippen molar-refractivity contribution in [3.05, 3.63) is 89.5 Å². The summed E-state index contributed by atoms with van der Waals surface area (Å²) in [5.74, 6) is 2.14. The number of para-hydroxylation sites is 1. The first-order valence-electron chi connectivity index (χ1n) is 9.16. The monoisotopic (exact) mass is 371 g/mol. The summed E-state index contributed by atoms with van der Waals surface area (Å²) < 4.78 is 11.5. The van der Waals surface area contributed by atoms with Crippen molar-refractivity contribution in [2.24, 2.45) is 0 Å². The summed E-state index contributed by atoms with van der Waals surface area (Å²) in [6.45, 7) is 3.91. The predicted octanol–water partition coefficient (Wildman–Crippen LogP) is 5.91. The standard InChI is InChI=1S/C24H21NO3/c1-16-7-6-8-17(2)22(16)24-21(15-26)23(25-28-24)18-11-13-20(14-12-18)27-19-9-4-3-5-10-19/h3-14,26H,15H2,1-2H3. The van der Waals surface area contributed by atoms with Crippen LogP contribution in [0.2, 0.25) is 0 Å². The van der Waals surface area contributed by atoms with Crippen LogP contribution in [0.1, 0.15) is 16.7 Å². The van der Waals surface area contributed by atoms with Gasteiger partial charge in [0.05, 0.1) is 12.2 Å². The molecule has 1 aromatic heterocycles. The van der Waals surface area contributed by atoms with Crippen LogP contribution in [0.4, 0.5) is 0 Å². The van der Waals surface area contributed by atoms with Gasteiger partial charge in [-0.15, -0.1) is 0 Å². The first-order valence-corrected chi connectivity index (χ1v) is 9.16. The van der Waals surface area contributed by atoms with Gasteiger partial charge in [0.2, 0.25) is 0 Å². The molecule has 4 aromatic rings. The second-order valence-electron chi connectivity index (χ2n) is 6.70. The van der Waals surface area contributed by atoms with E-state index >= 15 is 0 Å². The number of aromatic nitrogens is 1. The summed E-state index contributed by atoms with van der Waals surface area (Å²) in [7, 11) is 0. The number of ether oxygens (including phenoxy) is 1. The molecule has 0 radical (unpaired) electrons. The Morgan fingerprint density at radius 2 is 1.46 bits per heavy atom. The van der Waals surface area contributed by atoms with Crippen molar-refractivity contribution in [3.8, 4) is 34.1 Å². The molecule has 0 fully saturated rings. The van der Waals surface area contributed by atoms with Crippen molar-refractivity contribution in [1.29, 1.82) is 0 Å². The highest BCUT2D eigenvalue weighted by atomic mass is 16.5. The maximum atomic E-state index is 10.0. The van der Waals surface area contributed by atoms with E-state index in [9.17, 15) is 5.11 Å². The van der Waals surface area contributed by atoms with Crippen molar-refractivity contribution in [3.63, 3.8) is 0 Å². The zero-order valence-electron chi connectivity index (χ0n) is 15.8. The van der Waals surface area contributed by atoms with Gasteiger partial charge in [0, 0.05) is 11.1 Å². The molecule has 0 amide bonds. The fourth-order valence-corrected chi connectivity index (χ4v) is 3.36. The van der Waals surface area contributed by atoms with Gasteiger partial charge >= 0.3 is 0 Å². The summed E-state index contributed by atoms with van der Waals surface area (Å²) in [6, 6.07) is 23.3. The topological polar surface area (TPSA) is 55.5 Å². The lowest BCUT2D eigenvalue weighted by atomic mass is 9.96. The Hall–Kier alpha value is -3.37. The molecule has 0 bridgehead atoms. The number of nitrogens with zero attached hydrogens (tertiary/aromatic N) is 1. The Morgan fingerprint density at radius 3 is 2.11 bits per heavy atom. The van der Waals surface area contributed by atoms with Crippen molar-refractivity contribution in [2.45, 2.75) is 20.5 Å². The molecule has 0 aliphatic rings. The summed E-state index contributed by atoms with van der Waals surface area (Å²) in [4.78, 5) is 0. The van der Waals surface area contributed by atoms with Crippen LogP contribution in [0.3, 0.4) is 0 Å². The van der Waals surface area contributed by atoms with E-state index in [4.69, 9.17) is 9.26 Å². The van der Waals surface area contributed by atoms with Crippen LogP contribution in [0.5, 0.6) is 11.5 Å².